The molecule has 0 saturated carbocycles. The summed E-state index contributed by atoms with van der Waals surface area (Å²) in [5.74, 6) is -0.878. The third-order valence-corrected chi connectivity index (χ3v) is 7.74. The van der Waals surface area contributed by atoms with E-state index in [-0.39, 0.29) is 41.6 Å². The van der Waals surface area contributed by atoms with E-state index >= 15 is 0 Å². The van der Waals surface area contributed by atoms with Gasteiger partial charge < -0.3 is 20.3 Å². The van der Waals surface area contributed by atoms with Gasteiger partial charge in [0.25, 0.3) is 5.91 Å². The maximum atomic E-state index is 13.3. The van der Waals surface area contributed by atoms with E-state index in [4.69, 9.17) is 10.5 Å². The topological polar surface area (TPSA) is 110 Å². The van der Waals surface area contributed by atoms with Gasteiger partial charge in [0.05, 0.1) is 5.56 Å². The molecule has 1 atom stereocenters. The predicted octanol–water partition coefficient (Wildman–Crippen LogP) is 2.72. The zero-order valence-electron chi connectivity index (χ0n) is 20.2. The molecule has 0 radical (unpaired) electrons. The second-order valence-electron chi connectivity index (χ2n) is 9.95. The van der Waals surface area contributed by atoms with Crippen molar-refractivity contribution < 1.29 is 23.9 Å². The first-order valence-corrected chi connectivity index (χ1v) is 12.7. The van der Waals surface area contributed by atoms with Gasteiger partial charge in [0.1, 0.15) is 6.10 Å². The van der Waals surface area contributed by atoms with Crippen molar-refractivity contribution in [2.45, 2.75) is 38.2 Å². The molecule has 2 aromatic carbocycles. The third kappa shape index (κ3) is 4.85. The Balaban J connectivity index is 1.20. The van der Waals surface area contributed by atoms with Gasteiger partial charge in [-0.2, -0.15) is 0 Å². The summed E-state index contributed by atoms with van der Waals surface area (Å²) in [7, 11) is 0. The smallest absolute Gasteiger partial charge is 0.339 e. The fraction of sp³-hybridized carbons (Fsp3) is 0.429. The summed E-state index contributed by atoms with van der Waals surface area (Å²) in [4.78, 5) is 53.8. The second kappa shape index (κ2) is 10.1. The molecule has 3 heterocycles. The molecule has 0 bridgehead atoms. The van der Waals surface area contributed by atoms with Crippen molar-refractivity contribution in [1.29, 1.82) is 0 Å². The number of rotatable bonds is 4. The third-order valence-electron chi connectivity index (χ3n) is 7.74. The molecule has 8 heteroatoms. The minimum Gasteiger partial charge on any atom is -0.454 e. The first-order valence-electron chi connectivity index (χ1n) is 12.7. The number of fused-ring (bicyclic) bond motifs is 1. The van der Waals surface area contributed by atoms with Gasteiger partial charge in [0.15, 0.2) is 0 Å². The van der Waals surface area contributed by atoms with Crippen molar-refractivity contribution in [1.82, 2.24) is 9.80 Å². The fourth-order valence-electron chi connectivity index (χ4n) is 5.54. The second-order valence-corrected chi connectivity index (χ2v) is 9.95. The number of nitrogens with two attached hydrogens (primary N) is 1. The zero-order valence-corrected chi connectivity index (χ0v) is 20.2. The van der Waals surface area contributed by atoms with Crippen molar-refractivity contribution in [3.63, 3.8) is 0 Å². The molecule has 2 fully saturated rings. The number of esters is 1. The van der Waals surface area contributed by atoms with Crippen LogP contribution in [-0.2, 0) is 20.7 Å². The van der Waals surface area contributed by atoms with Crippen LogP contribution < -0.4 is 5.73 Å². The number of carbonyl (C=O) groups is 4. The molecule has 3 aliphatic rings. The summed E-state index contributed by atoms with van der Waals surface area (Å²) in [6, 6.07) is 14.8. The lowest BCUT2D eigenvalue weighted by Crippen LogP contribution is -2.47. The summed E-state index contributed by atoms with van der Waals surface area (Å²) in [5, 5.41) is 0. The quantitative estimate of drug-likeness (QED) is 0.664. The Hall–Kier alpha value is -3.68. The van der Waals surface area contributed by atoms with Gasteiger partial charge >= 0.3 is 5.97 Å². The molecule has 5 rings (SSSR count). The zero-order chi connectivity index (χ0) is 25.2. The number of benzene rings is 2. The lowest BCUT2D eigenvalue weighted by atomic mass is 9.91. The average molecular weight is 490 g/mol. The Morgan fingerprint density at radius 1 is 0.833 bits per heavy atom. The number of piperidine rings is 2. The number of hydrogen-bond acceptors (Lipinski definition) is 5. The van der Waals surface area contributed by atoms with Gasteiger partial charge in [0, 0.05) is 50.0 Å². The van der Waals surface area contributed by atoms with Crippen LogP contribution in [0.4, 0.5) is 0 Å². The largest absolute Gasteiger partial charge is 0.454 e. The lowest BCUT2D eigenvalue weighted by molar-refractivity contribution is -0.139. The Labute approximate surface area is 210 Å². The number of amides is 3. The summed E-state index contributed by atoms with van der Waals surface area (Å²) < 4.78 is 5.62. The van der Waals surface area contributed by atoms with Crippen molar-refractivity contribution in [2.24, 2.45) is 17.6 Å². The number of cyclic esters (lactones) is 1. The monoisotopic (exact) mass is 489 g/mol. The maximum absolute atomic E-state index is 13.3. The molecular weight excluding hydrogens is 458 g/mol. The number of nitrogens with zero attached hydrogens (tertiary/aromatic N) is 2. The summed E-state index contributed by atoms with van der Waals surface area (Å²) in [6.45, 7) is 2.15. The molecule has 8 nitrogen and oxygen atoms in total. The first kappa shape index (κ1) is 24.0. The number of hydrogen-bond donors (Lipinski definition) is 1. The Bertz CT molecular complexity index is 1160. The highest BCUT2D eigenvalue weighted by Gasteiger charge is 2.34. The number of likely N-dealkylation sites (tertiary alicyclic amines) is 2. The van der Waals surface area contributed by atoms with Crippen LogP contribution in [0.1, 0.15) is 63.6 Å². The molecule has 3 aliphatic heterocycles. The van der Waals surface area contributed by atoms with Crippen LogP contribution in [0.25, 0.3) is 0 Å². The molecule has 2 N–H and O–H groups in total. The molecule has 2 saturated heterocycles. The molecule has 1 unspecified atom stereocenters. The van der Waals surface area contributed by atoms with Crippen LogP contribution >= 0.6 is 0 Å². The summed E-state index contributed by atoms with van der Waals surface area (Å²) in [6.07, 6.45) is 2.63. The van der Waals surface area contributed by atoms with Gasteiger partial charge in [-0.15, -0.1) is 0 Å². The van der Waals surface area contributed by atoms with Crippen LogP contribution in [0.2, 0.25) is 0 Å². The molecule has 0 aliphatic carbocycles. The average Bonchev–Trinajstić information content (AvgIpc) is 2.92. The summed E-state index contributed by atoms with van der Waals surface area (Å²) in [5.41, 5.74) is 8.20. The van der Waals surface area contributed by atoms with E-state index in [2.05, 4.69) is 0 Å². The van der Waals surface area contributed by atoms with E-state index < -0.39 is 0 Å². The number of carbonyl (C=O) groups excluding carboxylic acids is 4. The van der Waals surface area contributed by atoms with Crippen LogP contribution in [0, 0.1) is 11.8 Å². The highest BCUT2D eigenvalue weighted by Crippen LogP contribution is 2.32. The molecule has 36 heavy (non-hydrogen) atoms. The van der Waals surface area contributed by atoms with Gasteiger partial charge in [-0.3, -0.25) is 14.4 Å². The van der Waals surface area contributed by atoms with Crippen molar-refractivity contribution >= 4 is 23.7 Å². The predicted molar refractivity (Wildman–Crippen MR) is 132 cm³/mol. The highest BCUT2D eigenvalue weighted by atomic mass is 16.5. The Kier molecular flexibility index (Phi) is 6.76. The van der Waals surface area contributed by atoms with Crippen LogP contribution in [0.5, 0.6) is 0 Å². The van der Waals surface area contributed by atoms with E-state index in [0.29, 0.717) is 69.4 Å². The standard InChI is InChI=1S/C28H31N3O5/c29-25(32)19-8-12-30(13-9-19)26(33)20-10-14-31(15-11-20)27(34)21-6-7-23-22(16-21)17-24(36-28(23)35)18-4-2-1-3-5-18/h1-7,16,19-20,24H,8-15,17H2,(H2,29,32). The van der Waals surface area contributed by atoms with Crippen LogP contribution in [-0.4, -0.2) is 59.7 Å². The lowest BCUT2D eigenvalue weighted by Gasteiger charge is -2.37. The normalized spacial score (nSPS) is 21.0. The van der Waals surface area contributed by atoms with Gasteiger partial charge in [0.2, 0.25) is 11.8 Å². The van der Waals surface area contributed by atoms with Gasteiger partial charge in [-0.05, 0) is 55.0 Å². The van der Waals surface area contributed by atoms with Crippen LogP contribution in [0.15, 0.2) is 48.5 Å². The molecule has 0 spiro atoms. The minimum atomic E-state index is -0.372. The number of ether oxygens (including phenoxy) is 1. The molecular formula is C28H31N3O5. The molecule has 2 aromatic rings. The summed E-state index contributed by atoms with van der Waals surface area (Å²) >= 11 is 0. The van der Waals surface area contributed by atoms with E-state index in [1.807, 2.05) is 41.3 Å². The molecule has 188 valence electrons. The van der Waals surface area contributed by atoms with Gasteiger partial charge in [-0.1, -0.05) is 30.3 Å². The van der Waals surface area contributed by atoms with Crippen molar-refractivity contribution in [3.8, 4) is 0 Å². The maximum Gasteiger partial charge on any atom is 0.339 e. The Morgan fingerprint density at radius 2 is 1.47 bits per heavy atom. The fourth-order valence-corrected chi connectivity index (χ4v) is 5.54. The Morgan fingerprint density at radius 3 is 2.14 bits per heavy atom. The van der Waals surface area contributed by atoms with Crippen LogP contribution in [0.3, 0.4) is 0 Å². The van der Waals surface area contributed by atoms with Crippen molar-refractivity contribution in [2.75, 3.05) is 26.2 Å². The van der Waals surface area contributed by atoms with E-state index in [9.17, 15) is 19.2 Å². The molecule has 0 aromatic heterocycles. The highest BCUT2D eigenvalue weighted by molar-refractivity contribution is 5.98. The van der Waals surface area contributed by atoms with E-state index in [1.165, 1.54) is 0 Å². The van der Waals surface area contributed by atoms with E-state index in [1.54, 1.807) is 17.0 Å². The first-order chi connectivity index (χ1) is 17.4. The van der Waals surface area contributed by atoms with Crippen molar-refractivity contribution in [3.05, 3.63) is 70.8 Å². The molecule has 3 amide bonds. The van der Waals surface area contributed by atoms with Gasteiger partial charge in [-0.25, -0.2) is 4.79 Å². The minimum absolute atomic E-state index is 0.0822. The SMILES string of the molecule is NC(=O)C1CCN(C(=O)C2CCN(C(=O)c3ccc4c(c3)CC(c3ccccc3)OC4=O)CC2)CC1. The van der Waals surface area contributed by atoms with E-state index in [0.717, 1.165) is 11.1 Å². The number of primary amides is 1.